The molecule has 4 nitrogen and oxygen atoms in total. The first-order valence-electron chi connectivity index (χ1n) is 6.15. The molecule has 1 aliphatic rings. The molecule has 0 bridgehead atoms. The van der Waals surface area contributed by atoms with Crippen molar-refractivity contribution in [1.29, 1.82) is 0 Å². The van der Waals surface area contributed by atoms with Gasteiger partial charge in [0.15, 0.2) is 0 Å². The van der Waals surface area contributed by atoms with Crippen LogP contribution in [0.5, 0.6) is 0 Å². The number of sulfone groups is 1. The zero-order valence-corrected chi connectivity index (χ0v) is 11.2. The van der Waals surface area contributed by atoms with Gasteiger partial charge in [-0.2, -0.15) is 0 Å². The van der Waals surface area contributed by atoms with Gasteiger partial charge in [0.25, 0.3) is 0 Å². The van der Waals surface area contributed by atoms with Gasteiger partial charge in [-0.1, -0.05) is 6.92 Å². The lowest BCUT2D eigenvalue weighted by Crippen LogP contribution is -2.43. The van der Waals surface area contributed by atoms with Crippen LogP contribution in [-0.4, -0.2) is 57.5 Å². The van der Waals surface area contributed by atoms with Crippen LogP contribution in [0.3, 0.4) is 0 Å². The molecule has 0 radical (unpaired) electrons. The Balaban J connectivity index is 2.30. The van der Waals surface area contributed by atoms with Crippen molar-refractivity contribution in [3.63, 3.8) is 0 Å². The predicted molar refractivity (Wildman–Crippen MR) is 67.5 cm³/mol. The Bertz CT molecular complexity index is 284. The third-order valence-corrected chi connectivity index (χ3v) is 4.22. The number of piperidine rings is 1. The molecule has 0 amide bonds. The van der Waals surface area contributed by atoms with Crippen molar-refractivity contribution in [1.82, 2.24) is 10.2 Å². The molecule has 1 N–H and O–H groups in total. The molecule has 0 aromatic rings. The molecule has 1 aliphatic heterocycles. The second kappa shape index (κ2) is 6.57. The highest BCUT2D eigenvalue weighted by Crippen LogP contribution is 2.12. The minimum absolute atomic E-state index is 0.314. The highest BCUT2D eigenvalue weighted by molar-refractivity contribution is 7.90. The van der Waals surface area contributed by atoms with E-state index in [0.717, 1.165) is 32.6 Å². The molecule has 0 aromatic carbocycles. The summed E-state index contributed by atoms with van der Waals surface area (Å²) < 4.78 is 22.1. The zero-order chi connectivity index (χ0) is 12.0. The minimum atomic E-state index is -2.80. The van der Waals surface area contributed by atoms with E-state index in [1.54, 1.807) is 0 Å². The molecule has 0 spiro atoms. The largest absolute Gasteiger partial charge is 0.317 e. The molecule has 0 atom stereocenters. The summed E-state index contributed by atoms with van der Waals surface area (Å²) in [5, 5.41) is 3.35. The first-order valence-corrected chi connectivity index (χ1v) is 8.21. The van der Waals surface area contributed by atoms with Crippen LogP contribution >= 0.6 is 0 Å². The number of nitrogens with zero attached hydrogens (tertiary/aromatic N) is 1. The van der Waals surface area contributed by atoms with Crippen LogP contribution in [0.4, 0.5) is 0 Å². The van der Waals surface area contributed by atoms with Crippen LogP contribution in [0, 0.1) is 0 Å². The van der Waals surface area contributed by atoms with Gasteiger partial charge in [-0.05, 0) is 45.4 Å². The van der Waals surface area contributed by atoms with E-state index in [1.807, 2.05) is 0 Å². The Morgan fingerprint density at radius 1 is 1.31 bits per heavy atom. The molecule has 1 rings (SSSR count). The summed E-state index contributed by atoms with van der Waals surface area (Å²) in [6, 6.07) is 0.644. The van der Waals surface area contributed by atoms with E-state index < -0.39 is 9.84 Å². The van der Waals surface area contributed by atoms with Gasteiger partial charge in [-0.15, -0.1) is 0 Å². The van der Waals surface area contributed by atoms with Crippen molar-refractivity contribution in [3.8, 4) is 0 Å². The molecule has 0 aromatic heterocycles. The lowest BCUT2D eigenvalue weighted by atomic mass is 10.0. The Labute approximate surface area is 99.3 Å². The molecule has 0 aliphatic carbocycles. The Kier molecular flexibility index (Phi) is 5.72. The summed E-state index contributed by atoms with van der Waals surface area (Å²) in [4.78, 5) is 2.42. The Morgan fingerprint density at radius 3 is 2.44 bits per heavy atom. The van der Waals surface area contributed by atoms with Gasteiger partial charge in [0.05, 0.1) is 5.75 Å². The molecule has 1 saturated heterocycles. The average Bonchev–Trinajstić information content (AvgIpc) is 2.24. The lowest BCUT2D eigenvalue weighted by Gasteiger charge is -2.33. The minimum Gasteiger partial charge on any atom is -0.317 e. The third kappa shape index (κ3) is 5.27. The van der Waals surface area contributed by atoms with Crippen LogP contribution in [-0.2, 0) is 9.84 Å². The summed E-state index contributed by atoms with van der Waals surface area (Å²) in [5.74, 6) is 0.314. The maximum atomic E-state index is 11.0. The zero-order valence-electron chi connectivity index (χ0n) is 10.4. The molecule has 5 heteroatoms. The van der Waals surface area contributed by atoms with Gasteiger partial charge >= 0.3 is 0 Å². The maximum absolute atomic E-state index is 11.0. The third-order valence-electron chi connectivity index (χ3n) is 3.19. The van der Waals surface area contributed by atoms with Gasteiger partial charge in [-0.25, -0.2) is 8.42 Å². The fourth-order valence-electron chi connectivity index (χ4n) is 2.30. The van der Waals surface area contributed by atoms with Crippen molar-refractivity contribution in [3.05, 3.63) is 0 Å². The van der Waals surface area contributed by atoms with Gasteiger partial charge in [0.2, 0.25) is 0 Å². The molecule has 96 valence electrons. The molecule has 16 heavy (non-hydrogen) atoms. The van der Waals surface area contributed by atoms with E-state index in [2.05, 4.69) is 17.1 Å². The van der Waals surface area contributed by atoms with Gasteiger partial charge in [0.1, 0.15) is 9.84 Å². The van der Waals surface area contributed by atoms with Crippen LogP contribution in [0.25, 0.3) is 0 Å². The van der Waals surface area contributed by atoms with E-state index in [4.69, 9.17) is 0 Å². The molecule has 0 saturated carbocycles. The molecule has 1 fully saturated rings. The van der Waals surface area contributed by atoms with Crippen LogP contribution in [0.1, 0.15) is 26.2 Å². The predicted octanol–water partition coefficient (Wildman–Crippen LogP) is 0.495. The molecular weight excluding hydrogens is 224 g/mol. The van der Waals surface area contributed by atoms with Crippen molar-refractivity contribution >= 4 is 9.84 Å². The van der Waals surface area contributed by atoms with E-state index >= 15 is 0 Å². The molecular formula is C11H24N2O2S. The monoisotopic (exact) mass is 248 g/mol. The van der Waals surface area contributed by atoms with Gasteiger partial charge < -0.3 is 10.2 Å². The van der Waals surface area contributed by atoms with Gasteiger partial charge in [0, 0.05) is 12.3 Å². The van der Waals surface area contributed by atoms with Crippen LogP contribution in [0.15, 0.2) is 0 Å². The Hall–Kier alpha value is -0.130. The van der Waals surface area contributed by atoms with Crippen molar-refractivity contribution in [2.24, 2.45) is 0 Å². The number of rotatable bonds is 6. The fourth-order valence-corrected chi connectivity index (χ4v) is 2.95. The number of hydrogen-bond donors (Lipinski definition) is 1. The second-order valence-electron chi connectivity index (χ2n) is 4.59. The quantitative estimate of drug-likeness (QED) is 0.743. The van der Waals surface area contributed by atoms with Gasteiger partial charge in [-0.3, -0.25) is 0 Å². The topological polar surface area (TPSA) is 49.4 Å². The normalized spacial score (nSPS) is 19.2. The molecule has 1 heterocycles. The van der Waals surface area contributed by atoms with E-state index in [1.165, 1.54) is 19.1 Å². The standard InChI is InChI=1S/C11H24N2O2S/c1-3-13(9-4-10-16(2,14)15)11-5-7-12-8-6-11/h11-12H,3-10H2,1-2H3. The summed E-state index contributed by atoms with van der Waals surface area (Å²) in [7, 11) is -2.80. The summed E-state index contributed by atoms with van der Waals surface area (Å²) in [5.41, 5.74) is 0. The van der Waals surface area contributed by atoms with E-state index in [0.29, 0.717) is 11.8 Å². The lowest BCUT2D eigenvalue weighted by molar-refractivity contribution is 0.170. The highest BCUT2D eigenvalue weighted by Gasteiger charge is 2.19. The first-order chi connectivity index (χ1) is 7.53. The van der Waals surface area contributed by atoms with Crippen LogP contribution in [0.2, 0.25) is 0 Å². The summed E-state index contributed by atoms with van der Waals surface area (Å²) in [6.45, 7) is 6.27. The van der Waals surface area contributed by atoms with Crippen molar-refractivity contribution < 1.29 is 8.42 Å². The number of nitrogens with one attached hydrogen (secondary N) is 1. The number of hydrogen-bond acceptors (Lipinski definition) is 4. The van der Waals surface area contributed by atoms with Crippen molar-refractivity contribution in [2.45, 2.75) is 32.2 Å². The van der Waals surface area contributed by atoms with Crippen molar-refractivity contribution in [2.75, 3.05) is 38.2 Å². The van der Waals surface area contributed by atoms with Crippen LogP contribution < -0.4 is 5.32 Å². The summed E-state index contributed by atoms with van der Waals surface area (Å²) >= 11 is 0. The fraction of sp³-hybridized carbons (Fsp3) is 1.00. The van der Waals surface area contributed by atoms with E-state index in [-0.39, 0.29) is 0 Å². The average molecular weight is 248 g/mol. The Morgan fingerprint density at radius 2 is 1.94 bits per heavy atom. The highest BCUT2D eigenvalue weighted by atomic mass is 32.2. The van der Waals surface area contributed by atoms with E-state index in [9.17, 15) is 8.42 Å². The SMILES string of the molecule is CCN(CCCS(C)(=O)=O)C1CCNCC1. The first kappa shape index (κ1) is 13.9. The maximum Gasteiger partial charge on any atom is 0.147 e. The molecule has 0 unspecified atom stereocenters. The second-order valence-corrected chi connectivity index (χ2v) is 6.85. The smallest absolute Gasteiger partial charge is 0.147 e. The summed E-state index contributed by atoms with van der Waals surface area (Å²) in [6.07, 6.45) is 4.45.